The lowest BCUT2D eigenvalue weighted by atomic mass is 10.1. The Morgan fingerprint density at radius 2 is 1.65 bits per heavy atom. The van der Waals surface area contributed by atoms with Gasteiger partial charge in [-0.3, -0.25) is 0 Å². The van der Waals surface area contributed by atoms with E-state index in [2.05, 4.69) is 0 Å². The molecule has 1 unspecified atom stereocenters. The molecular weight excluding hydrogens is 431 g/mol. The third kappa shape index (κ3) is 4.64. The topological polar surface area (TPSA) is 82.1 Å². The summed E-state index contributed by atoms with van der Waals surface area (Å²) in [5.74, 6) is 0. The second-order valence-electron chi connectivity index (χ2n) is 7.72. The number of sulfonamides is 1. The molecular formula is C21H23F3N3O3S+. The van der Waals surface area contributed by atoms with E-state index in [0.29, 0.717) is 27.7 Å². The SMILES string of the molecule is Cc1cc(C)c(S(=O)(=O)NC(Cn2c(C)cc3cc([NH+]=O)ccc32)C(F)(F)F)c(C)c1. The van der Waals surface area contributed by atoms with Crippen LogP contribution >= 0.6 is 0 Å². The number of aromatic nitrogens is 1. The van der Waals surface area contributed by atoms with E-state index in [1.165, 1.54) is 22.8 Å². The van der Waals surface area contributed by atoms with Crippen molar-refractivity contribution >= 4 is 26.6 Å². The summed E-state index contributed by atoms with van der Waals surface area (Å²) in [6.07, 6.45) is -4.82. The van der Waals surface area contributed by atoms with Crippen molar-refractivity contribution in [2.45, 2.75) is 51.4 Å². The fraction of sp³-hybridized carbons (Fsp3) is 0.333. The van der Waals surface area contributed by atoms with Crippen LogP contribution in [0, 0.1) is 32.6 Å². The molecule has 0 amide bonds. The van der Waals surface area contributed by atoms with Gasteiger partial charge in [-0.1, -0.05) is 17.7 Å². The molecule has 31 heavy (non-hydrogen) atoms. The summed E-state index contributed by atoms with van der Waals surface area (Å²) in [6, 6.07) is 7.05. The first-order valence-corrected chi connectivity index (χ1v) is 11.0. The zero-order valence-corrected chi connectivity index (χ0v) is 18.3. The number of nitrogens with zero attached hydrogens (tertiary/aromatic N) is 1. The van der Waals surface area contributed by atoms with Crippen LogP contribution in [0.4, 0.5) is 18.9 Å². The maximum absolute atomic E-state index is 13.9. The Morgan fingerprint density at radius 1 is 1.03 bits per heavy atom. The second-order valence-corrected chi connectivity index (χ2v) is 9.37. The summed E-state index contributed by atoms with van der Waals surface area (Å²) < 4.78 is 70.8. The summed E-state index contributed by atoms with van der Waals surface area (Å²) >= 11 is 0. The minimum absolute atomic E-state index is 0.146. The van der Waals surface area contributed by atoms with E-state index < -0.39 is 28.8 Å². The average molecular weight is 454 g/mol. The van der Waals surface area contributed by atoms with E-state index in [9.17, 15) is 26.5 Å². The van der Waals surface area contributed by atoms with Crippen LogP contribution in [-0.4, -0.2) is 25.2 Å². The van der Waals surface area contributed by atoms with Gasteiger partial charge in [-0.25, -0.2) is 8.42 Å². The molecule has 166 valence electrons. The Morgan fingerprint density at radius 3 is 2.19 bits per heavy atom. The van der Waals surface area contributed by atoms with Crippen molar-refractivity contribution in [2.24, 2.45) is 0 Å². The summed E-state index contributed by atoms with van der Waals surface area (Å²) in [7, 11) is -4.44. The molecule has 3 rings (SSSR count). The molecule has 0 bridgehead atoms. The quantitative estimate of drug-likeness (QED) is 0.600. The number of fused-ring (bicyclic) bond motifs is 1. The van der Waals surface area contributed by atoms with Crippen LogP contribution in [0.25, 0.3) is 10.9 Å². The molecule has 0 aliphatic rings. The van der Waals surface area contributed by atoms with E-state index >= 15 is 0 Å². The lowest BCUT2D eigenvalue weighted by Gasteiger charge is -2.24. The number of nitroso groups, excluding NO2 is 1. The largest absolute Gasteiger partial charge is 0.406 e. The predicted octanol–water partition coefficient (Wildman–Crippen LogP) is 3.26. The van der Waals surface area contributed by atoms with Gasteiger partial charge in [0, 0.05) is 45.4 Å². The highest BCUT2D eigenvalue weighted by Crippen LogP contribution is 2.29. The molecule has 0 aliphatic heterocycles. The number of alkyl halides is 3. The number of aryl methyl sites for hydroxylation is 4. The van der Waals surface area contributed by atoms with Gasteiger partial charge in [-0.15, -0.1) is 0 Å². The Hall–Kier alpha value is -2.72. The van der Waals surface area contributed by atoms with Crippen molar-refractivity contribution in [3.63, 3.8) is 0 Å². The summed E-state index contributed by atoms with van der Waals surface area (Å²) in [5, 5.41) is 2.32. The Labute approximate surface area is 178 Å². The first-order valence-electron chi connectivity index (χ1n) is 9.48. The van der Waals surface area contributed by atoms with E-state index in [-0.39, 0.29) is 10.6 Å². The van der Waals surface area contributed by atoms with Crippen LogP contribution in [-0.2, 0) is 16.6 Å². The monoisotopic (exact) mass is 454 g/mol. The van der Waals surface area contributed by atoms with Crippen molar-refractivity contribution in [2.75, 3.05) is 0 Å². The first-order chi connectivity index (χ1) is 14.3. The molecule has 10 heteroatoms. The number of nitrogens with one attached hydrogen (secondary N) is 2. The van der Waals surface area contributed by atoms with Gasteiger partial charge >= 0.3 is 6.18 Å². The number of rotatable bonds is 6. The van der Waals surface area contributed by atoms with Gasteiger partial charge in [-0.05, 0) is 51.0 Å². The molecule has 0 spiro atoms. The van der Waals surface area contributed by atoms with E-state index in [1.54, 1.807) is 51.1 Å². The smallest absolute Gasteiger partial charge is 0.343 e. The highest BCUT2D eigenvalue weighted by Gasteiger charge is 2.43. The normalized spacial score (nSPS) is 13.5. The van der Waals surface area contributed by atoms with E-state index in [1.807, 2.05) is 4.72 Å². The van der Waals surface area contributed by atoms with E-state index in [4.69, 9.17) is 0 Å². The molecule has 0 radical (unpaired) electrons. The summed E-state index contributed by atoms with van der Waals surface area (Å²) in [6.45, 7) is 5.88. The molecule has 0 saturated carbocycles. The van der Waals surface area contributed by atoms with Crippen LogP contribution < -0.4 is 9.90 Å². The molecule has 1 heterocycles. The zero-order valence-electron chi connectivity index (χ0n) is 17.5. The third-order valence-corrected chi connectivity index (χ3v) is 6.93. The fourth-order valence-electron chi connectivity index (χ4n) is 3.94. The maximum atomic E-state index is 13.9. The molecule has 0 fully saturated rings. The third-order valence-electron chi connectivity index (χ3n) is 5.16. The van der Waals surface area contributed by atoms with Gasteiger partial charge in [0.25, 0.3) is 5.69 Å². The van der Waals surface area contributed by atoms with Gasteiger partial charge in [0.15, 0.2) is 0 Å². The molecule has 0 saturated heterocycles. The van der Waals surface area contributed by atoms with Crippen molar-refractivity contribution < 1.29 is 26.8 Å². The van der Waals surface area contributed by atoms with Gasteiger partial charge in [0.1, 0.15) is 6.04 Å². The van der Waals surface area contributed by atoms with Gasteiger partial charge < -0.3 is 4.57 Å². The predicted molar refractivity (Wildman–Crippen MR) is 111 cm³/mol. The standard InChI is InChI=1S/C21H22F3N3O3S/c1-12-7-13(2)20(14(3)8-12)31(29,30)26-19(21(22,23)24)11-27-15(4)9-16-10-17(25-28)5-6-18(16)27/h5-10,19,26H,11H2,1-4H3/p+1. The fourth-order valence-corrected chi connectivity index (χ4v) is 5.61. The molecule has 1 aromatic heterocycles. The van der Waals surface area contributed by atoms with E-state index in [0.717, 1.165) is 5.56 Å². The molecule has 0 aliphatic carbocycles. The van der Waals surface area contributed by atoms with Crippen LogP contribution in [0.15, 0.2) is 41.3 Å². The summed E-state index contributed by atoms with van der Waals surface area (Å²) in [5.41, 5.74) is 2.84. The Balaban J connectivity index is 2.03. The van der Waals surface area contributed by atoms with Gasteiger partial charge in [-0.2, -0.15) is 17.9 Å². The van der Waals surface area contributed by atoms with Gasteiger partial charge in [0.05, 0.1) is 4.90 Å². The molecule has 2 aromatic carbocycles. The maximum Gasteiger partial charge on any atom is 0.406 e. The van der Waals surface area contributed by atoms with Crippen molar-refractivity contribution in [3.8, 4) is 0 Å². The van der Waals surface area contributed by atoms with Crippen molar-refractivity contribution in [3.05, 3.63) is 63.7 Å². The first kappa shape index (κ1) is 23.0. The minimum atomic E-state index is -4.82. The molecule has 3 aromatic rings. The lowest BCUT2D eigenvalue weighted by molar-refractivity contribution is -0.379. The molecule has 1 atom stereocenters. The second kappa shape index (κ2) is 8.08. The highest BCUT2D eigenvalue weighted by atomic mass is 32.2. The van der Waals surface area contributed by atoms with Crippen LogP contribution in [0.5, 0.6) is 0 Å². The molecule has 6 nitrogen and oxygen atoms in total. The lowest BCUT2D eigenvalue weighted by Crippen LogP contribution is -2.55. The average Bonchev–Trinajstić information content (AvgIpc) is 2.93. The summed E-state index contributed by atoms with van der Waals surface area (Å²) in [4.78, 5) is 10.7. The number of hydrogen-bond donors (Lipinski definition) is 2. The van der Waals surface area contributed by atoms with Gasteiger partial charge in [0.2, 0.25) is 10.0 Å². The Bertz CT molecular complexity index is 1240. The zero-order chi connectivity index (χ0) is 23.1. The minimum Gasteiger partial charge on any atom is -0.343 e. The highest BCUT2D eigenvalue weighted by molar-refractivity contribution is 7.89. The van der Waals surface area contributed by atoms with Crippen LogP contribution in [0.2, 0.25) is 0 Å². The Kier molecular flexibility index (Phi) is 5.98. The number of hydrogen-bond acceptors (Lipinski definition) is 3. The van der Waals surface area contributed by atoms with Crippen LogP contribution in [0.1, 0.15) is 22.4 Å². The van der Waals surface area contributed by atoms with Crippen molar-refractivity contribution in [1.82, 2.24) is 9.29 Å². The number of benzene rings is 2. The molecule has 2 N–H and O–H groups in total. The number of halogens is 3. The van der Waals surface area contributed by atoms with Crippen molar-refractivity contribution in [1.29, 1.82) is 0 Å². The van der Waals surface area contributed by atoms with Crippen LogP contribution in [0.3, 0.4) is 0 Å².